The Balaban J connectivity index is 2.00. The van der Waals surface area contributed by atoms with Crippen molar-refractivity contribution in [3.8, 4) is 11.1 Å². The molecule has 1 saturated heterocycles. The van der Waals surface area contributed by atoms with E-state index in [1.807, 2.05) is 43.3 Å². The number of nitrogens with one attached hydrogen (secondary N) is 1. The molecular formula is C20H24ClN5O2. The van der Waals surface area contributed by atoms with Crippen molar-refractivity contribution in [2.75, 3.05) is 32.1 Å². The average molecular weight is 402 g/mol. The molecule has 1 aliphatic rings. The van der Waals surface area contributed by atoms with E-state index in [4.69, 9.17) is 16.6 Å². The molecule has 3 rings (SSSR count). The Morgan fingerprint density at radius 1 is 1.29 bits per heavy atom. The topological polar surface area (TPSA) is 78.4 Å². The van der Waals surface area contributed by atoms with Gasteiger partial charge >= 0.3 is 0 Å². The molecule has 0 radical (unpaired) electrons. The molecule has 8 heteroatoms. The van der Waals surface area contributed by atoms with Crippen LogP contribution in [-0.2, 0) is 9.59 Å². The number of halogens is 1. The molecule has 28 heavy (non-hydrogen) atoms. The maximum Gasteiger partial charge on any atom is 0.242 e. The lowest BCUT2D eigenvalue weighted by atomic mass is 10.00. The first kappa shape index (κ1) is 20.1. The Hall–Kier alpha value is -2.67. The number of nitrogens with zero attached hydrogens (tertiary/aromatic N) is 4. The lowest BCUT2D eigenvalue weighted by Gasteiger charge is -2.27. The molecule has 0 aliphatic carbocycles. The predicted molar refractivity (Wildman–Crippen MR) is 109 cm³/mol. The van der Waals surface area contributed by atoms with Crippen LogP contribution in [0, 0.1) is 0 Å². The molecule has 1 aromatic carbocycles. The van der Waals surface area contributed by atoms with Crippen molar-refractivity contribution in [3.05, 3.63) is 41.2 Å². The highest BCUT2D eigenvalue weighted by atomic mass is 35.5. The SMILES string of the molecule is CC(=O)NCC(=O)N1CCCC1c1nc(N(C)C)ncc1-c1ccc(Cl)cc1. The number of hydrogen-bond donors (Lipinski definition) is 1. The van der Waals surface area contributed by atoms with Gasteiger partial charge in [0.05, 0.1) is 18.3 Å². The summed E-state index contributed by atoms with van der Waals surface area (Å²) in [7, 11) is 3.77. The lowest BCUT2D eigenvalue weighted by molar-refractivity contribution is -0.133. The molecule has 0 bridgehead atoms. The third kappa shape index (κ3) is 4.42. The largest absolute Gasteiger partial charge is 0.347 e. The number of carbonyl (C=O) groups excluding carboxylic acids is 2. The van der Waals surface area contributed by atoms with Gasteiger partial charge in [0.15, 0.2) is 0 Å². The van der Waals surface area contributed by atoms with Gasteiger partial charge in [-0.3, -0.25) is 9.59 Å². The fourth-order valence-electron chi connectivity index (χ4n) is 3.36. The number of benzene rings is 1. The third-order valence-electron chi connectivity index (χ3n) is 4.74. The van der Waals surface area contributed by atoms with Gasteiger partial charge in [0.2, 0.25) is 17.8 Å². The van der Waals surface area contributed by atoms with Crippen LogP contribution in [0.25, 0.3) is 11.1 Å². The monoisotopic (exact) mass is 401 g/mol. The van der Waals surface area contributed by atoms with Gasteiger partial charge in [-0.2, -0.15) is 0 Å². The molecule has 2 aromatic rings. The summed E-state index contributed by atoms with van der Waals surface area (Å²) < 4.78 is 0. The van der Waals surface area contributed by atoms with E-state index in [0.717, 1.165) is 29.7 Å². The second-order valence-corrected chi connectivity index (χ2v) is 7.46. The van der Waals surface area contributed by atoms with Crippen LogP contribution >= 0.6 is 11.6 Å². The Morgan fingerprint density at radius 3 is 2.64 bits per heavy atom. The van der Waals surface area contributed by atoms with Crippen LogP contribution in [-0.4, -0.2) is 53.9 Å². The van der Waals surface area contributed by atoms with Gasteiger partial charge < -0.3 is 15.1 Å². The van der Waals surface area contributed by atoms with Crippen LogP contribution in [0.4, 0.5) is 5.95 Å². The van der Waals surface area contributed by atoms with Gasteiger partial charge in [0.25, 0.3) is 0 Å². The van der Waals surface area contributed by atoms with E-state index >= 15 is 0 Å². The molecule has 2 amide bonds. The normalized spacial score (nSPS) is 16.1. The van der Waals surface area contributed by atoms with E-state index in [9.17, 15) is 9.59 Å². The molecule has 1 fully saturated rings. The number of anilines is 1. The second kappa shape index (κ2) is 8.56. The second-order valence-electron chi connectivity index (χ2n) is 7.03. The zero-order valence-corrected chi connectivity index (χ0v) is 17.0. The van der Waals surface area contributed by atoms with Gasteiger partial charge in [0, 0.05) is 44.3 Å². The summed E-state index contributed by atoms with van der Waals surface area (Å²) in [6, 6.07) is 7.36. The first-order chi connectivity index (χ1) is 13.4. The third-order valence-corrected chi connectivity index (χ3v) is 4.99. The van der Waals surface area contributed by atoms with E-state index in [1.165, 1.54) is 6.92 Å². The summed E-state index contributed by atoms with van der Waals surface area (Å²) >= 11 is 6.03. The van der Waals surface area contributed by atoms with Crippen LogP contribution in [0.2, 0.25) is 5.02 Å². The highest BCUT2D eigenvalue weighted by Crippen LogP contribution is 2.37. The van der Waals surface area contributed by atoms with Crippen LogP contribution < -0.4 is 10.2 Å². The molecule has 1 aromatic heterocycles. The fraction of sp³-hybridized carbons (Fsp3) is 0.400. The van der Waals surface area contributed by atoms with Crippen LogP contribution in [0.3, 0.4) is 0 Å². The smallest absolute Gasteiger partial charge is 0.242 e. The van der Waals surface area contributed by atoms with Crippen LogP contribution in [0.1, 0.15) is 31.5 Å². The first-order valence-corrected chi connectivity index (χ1v) is 9.58. The predicted octanol–water partition coefficient (Wildman–Crippen LogP) is 2.66. The van der Waals surface area contributed by atoms with E-state index in [1.54, 1.807) is 11.1 Å². The molecule has 1 N–H and O–H groups in total. The van der Waals surface area contributed by atoms with Gasteiger partial charge in [-0.05, 0) is 30.5 Å². The lowest BCUT2D eigenvalue weighted by Crippen LogP contribution is -2.39. The van der Waals surface area contributed by atoms with Crippen molar-refractivity contribution >= 4 is 29.4 Å². The summed E-state index contributed by atoms with van der Waals surface area (Å²) in [5.41, 5.74) is 2.65. The summed E-state index contributed by atoms with van der Waals surface area (Å²) in [6.07, 6.45) is 3.50. The maximum absolute atomic E-state index is 12.7. The Morgan fingerprint density at radius 2 is 2.00 bits per heavy atom. The summed E-state index contributed by atoms with van der Waals surface area (Å²) in [5, 5.41) is 3.25. The van der Waals surface area contributed by atoms with E-state index < -0.39 is 0 Å². The van der Waals surface area contributed by atoms with Crippen molar-refractivity contribution in [1.82, 2.24) is 20.2 Å². The van der Waals surface area contributed by atoms with Gasteiger partial charge in [-0.15, -0.1) is 0 Å². The van der Waals surface area contributed by atoms with Gasteiger partial charge in [0.1, 0.15) is 0 Å². The standard InChI is InChI=1S/C20H24ClN5O2/c1-13(27)22-12-18(28)26-10-4-5-17(26)19-16(11-23-20(24-19)25(2)3)14-6-8-15(21)9-7-14/h6-9,11,17H,4-5,10,12H2,1-3H3,(H,22,27). The first-order valence-electron chi connectivity index (χ1n) is 9.21. The van der Waals surface area contributed by atoms with Gasteiger partial charge in [-0.1, -0.05) is 23.7 Å². The van der Waals surface area contributed by atoms with Crippen molar-refractivity contribution < 1.29 is 9.59 Å². The number of amides is 2. The van der Waals surface area contributed by atoms with E-state index in [2.05, 4.69) is 10.3 Å². The minimum absolute atomic E-state index is 0.00622. The molecule has 2 heterocycles. The number of aromatic nitrogens is 2. The summed E-state index contributed by atoms with van der Waals surface area (Å²) in [6.45, 7) is 2.04. The van der Waals surface area contributed by atoms with E-state index in [0.29, 0.717) is 17.5 Å². The number of carbonyl (C=O) groups is 2. The van der Waals surface area contributed by atoms with Crippen molar-refractivity contribution in [2.45, 2.75) is 25.8 Å². The molecule has 1 aliphatic heterocycles. The minimum atomic E-state index is -0.220. The number of rotatable bonds is 5. The zero-order valence-electron chi connectivity index (χ0n) is 16.3. The van der Waals surface area contributed by atoms with E-state index in [-0.39, 0.29) is 24.4 Å². The summed E-state index contributed by atoms with van der Waals surface area (Å²) in [4.78, 5) is 36.8. The van der Waals surface area contributed by atoms with Crippen molar-refractivity contribution in [1.29, 1.82) is 0 Å². The fourth-order valence-corrected chi connectivity index (χ4v) is 3.48. The molecule has 7 nitrogen and oxygen atoms in total. The average Bonchev–Trinajstić information content (AvgIpc) is 3.16. The number of hydrogen-bond acceptors (Lipinski definition) is 5. The molecule has 148 valence electrons. The minimum Gasteiger partial charge on any atom is -0.347 e. The molecule has 0 saturated carbocycles. The molecule has 1 unspecified atom stereocenters. The number of likely N-dealkylation sites (tertiary alicyclic amines) is 1. The quantitative estimate of drug-likeness (QED) is 0.833. The highest BCUT2D eigenvalue weighted by molar-refractivity contribution is 6.30. The maximum atomic E-state index is 12.7. The Bertz CT molecular complexity index is 869. The Kier molecular flexibility index (Phi) is 6.14. The van der Waals surface area contributed by atoms with Crippen molar-refractivity contribution in [3.63, 3.8) is 0 Å². The van der Waals surface area contributed by atoms with Crippen molar-refractivity contribution in [2.24, 2.45) is 0 Å². The zero-order chi connectivity index (χ0) is 20.3. The molecule has 0 spiro atoms. The van der Waals surface area contributed by atoms with Crippen LogP contribution in [0.5, 0.6) is 0 Å². The molecule has 1 atom stereocenters. The van der Waals surface area contributed by atoms with Gasteiger partial charge in [-0.25, -0.2) is 9.97 Å². The highest BCUT2D eigenvalue weighted by Gasteiger charge is 2.33. The summed E-state index contributed by atoms with van der Waals surface area (Å²) in [5.74, 6) is 0.265. The van der Waals surface area contributed by atoms with Crippen LogP contribution in [0.15, 0.2) is 30.5 Å². The molecular weight excluding hydrogens is 378 g/mol. The Labute approximate surface area is 169 Å².